The second-order valence-corrected chi connectivity index (χ2v) is 17.0. The summed E-state index contributed by atoms with van der Waals surface area (Å²) in [7, 11) is 5.62. The quantitative estimate of drug-likeness (QED) is 0.344. The van der Waals surface area contributed by atoms with E-state index in [-0.39, 0.29) is 22.2 Å². The van der Waals surface area contributed by atoms with E-state index >= 15 is 0 Å². The molecule has 1 heterocycles. The highest BCUT2D eigenvalue weighted by Crippen LogP contribution is 2.73. The van der Waals surface area contributed by atoms with E-state index in [0.29, 0.717) is 34.0 Å². The molecule has 0 aliphatic heterocycles. The molecule has 4 saturated carbocycles. The molecule has 0 radical (unpaired) electrons. The number of methoxy groups -OCH3 is 1. The Kier molecular flexibility index (Phi) is 7.77. The first-order chi connectivity index (χ1) is 19.9. The molecule has 5 aliphatic carbocycles. The zero-order valence-electron chi connectivity index (χ0n) is 27.2. The summed E-state index contributed by atoms with van der Waals surface area (Å²) < 4.78 is 5.00. The fourth-order valence-corrected chi connectivity index (χ4v) is 13.0. The maximum absolute atomic E-state index is 13.8. The number of nitrogens with zero attached hydrogens (tertiary/aromatic N) is 1. The van der Waals surface area contributed by atoms with Gasteiger partial charge in [0.15, 0.2) is 0 Å². The molecule has 8 unspecified atom stereocenters. The van der Waals surface area contributed by atoms with Crippen molar-refractivity contribution in [2.24, 2.45) is 51.2 Å². The van der Waals surface area contributed by atoms with Crippen LogP contribution >= 0.6 is 11.3 Å². The topological polar surface area (TPSA) is 58.6 Å². The number of thiophene rings is 1. The van der Waals surface area contributed by atoms with Gasteiger partial charge >= 0.3 is 5.97 Å². The van der Waals surface area contributed by atoms with Crippen LogP contribution in [0.25, 0.3) is 5.57 Å². The number of hydrogen-bond donors (Lipinski definition) is 1. The number of carbonyl (C=O) groups is 2. The summed E-state index contributed by atoms with van der Waals surface area (Å²) in [5.74, 6) is 3.49. The van der Waals surface area contributed by atoms with E-state index in [9.17, 15) is 9.59 Å². The van der Waals surface area contributed by atoms with Crippen LogP contribution in [0.2, 0.25) is 0 Å². The van der Waals surface area contributed by atoms with E-state index in [0.717, 1.165) is 44.2 Å². The van der Waals surface area contributed by atoms with Crippen molar-refractivity contribution in [1.82, 2.24) is 10.2 Å². The molecule has 0 spiro atoms. The maximum atomic E-state index is 13.8. The molecule has 0 aromatic carbocycles. The van der Waals surface area contributed by atoms with Gasteiger partial charge in [-0.05, 0) is 135 Å². The third-order valence-corrected chi connectivity index (χ3v) is 14.7. The third-order valence-electron chi connectivity index (χ3n) is 13.6. The van der Waals surface area contributed by atoms with Gasteiger partial charge in [0.05, 0.1) is 12.5 Å². The zero-order chi connectivity index (χ0) is 30.1. The van der Waals surface area contributed by atoms with Crippen LogP contribution in [0.4, 0.5) is 0 Å². The molecule has 0 saturated heterocycles. The first-order valence-electron chi connectivity index (χ1n) is 16.7. The summed E-state index contributed by atoms with van der Waals surface area (Å²) in [5, 5.41) is 3.38. The molecule has 6 rings (SSSR count). The van der Waals surface area contributed by atoms with Gasteiger partial charge in [0.25, 0.3) is 0 Å². The average Bonchev–Trinajstić information content (AvgIpc) is 3.60. The van der Waals surface area contributed by atoms with Gasteiger partial charge in [0.2, 0.25) is 5.91 Å². The van der Waals surface area contributed by atoms with Crippen molar-refractivity contribution in [3.05, 3.63) is 28.0 Å². The van der Waals surface area contributed by atoms with Crippen molar-refractivity contribution in [2.45, 2.75) is 91.9 Å². The number of likely N-dealkylation sites (N-methyl/N-ethyl adjacent to an activating group) is 1. The molecule has 1 amide bonds. The largest absolute Gasteiger partial charge is 0.465 e. The highest BCUT2D eigenvalue weighted by molar-refractivity contribution is 7.15. The SMILES string of the molecule is COC(=O)c1ccc(C2=CCC3(C)C(CCC4(C)C5CCC6(C(=O)NCCN(C)C)CCCC6C5CCC43)C2(C)C)s1. The van der Waals surface area contributed by atoms with Gasteiger partial charge in [0, 0.05) is 18.0 Å². The van der Waals surface area contributed by atoms with Crippen molar-refractivity contribution >= 4 is 28.8 Å². The first kappa shape index (κ1) is 30.4. The van der Waals surface area contributed by atoms with Crippen LogP contribution in [0, 0.1) is 51.2 Å². The number of carbonyl (C=O) groups excluding carboxylic acids is 2. The molecule has 6 heteroatoms. The number of ether oxygens (including phenoxy) is 1. The van der Waals surface area contributed by atoms with E-state index in [1.165, 1.54) is 62.5 Å². The summed E-state index contributed by atoms with van der Waals surface area (Å²) in [6.07, 6.45) is 14.7. The molecule has 8 atom stereocenters. The molecule has 4 fully saturated rings. The number of hydrogen-bond acceptors (Lipinski definition) is 5. The molecule has 1 aromatic heterocycles. The highest BCUT2D eigenvalue weighted by Gasteiger charge is 2.66. The summed E-state index contributed by atoms with van der Waals surface area (Å²) in [5.41, 5.74) is 2.00. The Balaban J connectivity index is 1.25. The molecule has 5 aliphatic rings. The molecule has 1 N–H and O–H groups in total. The van der Waals surface area contributed by atoms with E-state index in [2.05, 4.69) is 64.1 Å². The Morgan fingerprint density at radius 1 is 0.952 bits per heavy atom. The number of nitrogens with one attached hydrogen (secondary N) is 1. The van der Waals surface area contributed by atoms with Crippen LogP contribution in [-0.4, -0.2) is 51.1 Å². The molecule has 5 nitrogen and oxygen atoms in total. The summed E-state index contributed by atoms with van der Waals surface area (Å²) >= 11 is 1.59. The Morgan fingerprint density at radius 3 is 2.48 bits per heavy atom. The predicted octanol–water partition coefficient (Wildman–Crippen LogP) is 7.67. The minimum Gasteiger partial charge on any atom is -0.465 e. The van der Waals surface area contributed by atoms with Crippen LogP contribution in [0.5, 0.6) is 0 Å². The van der Waals surface area contributed by atoms with Crippen molar-refractivity contribution in [3.63, 3.8) is 0 Å². The number of amides is 1. The highest BCUT2D eigenvalue weighted by atomic mass is 32.1. The summed E-state index contributed by atoms with van der Waals surface area (Å²) in [6, 6.07) is 4.07. The molecule has 42 heavy (non-hydrogen) atoms. The standard InChI is InChI=1S/C36H54N2O3S/c1-33(2)26(27-11-12-28(42-27)31(39)41-7)14-18-35(4)29(33)16-19-34(3)24-15-20-36(32(40)37-21-22-38(5)6)17-8-9-25(36)23(24)10-13-30(34)35/h11-12,14,23-25,29-30H,8-10,13,15-22H2,1-7H3,(H,37,40). The van der Waals surface area contributed by atoms with Gasteiger partial charge in [0.1, 0.15) is 4.88 Å². The van der Waals surface area contributed by atoms with Crippen LogP contribution in [0.15, 0.2) is 18.2 Å². The minimum atomic E-state index is -0.236. The van der Waals surface area contributed by atoms with E-state index < -0.39 is 0 Å². The first-order valence-corrected chi connectivity index (χ1v) is 17.5. The monoisotopic (exact) mass is 594 g/mol. The van der Waals surface area contributed by atoms with Crippen LogP contribution < -0.4 is 5.32 Å². The molecular formula is C36H54N2O3S. The Morgan fingerprint density at radius 2 is 1.74 bits per heavy atom. The number of allylic oxidation sites excluding steroid dienone is 2. The number of rotatable bonds is 6. The lowest BCUT2D eigenvalue weighted by molar-refractivity contribution is -0.181. The zero-order valence-corrected chi connectivity index (χ0v) is 28.0. The molecular weight excluding hydrogens is 540 g/mol. The normalized spacial score (nSPS) is 40.3. The van der Waals surface area contributed by atoms with E-state index in [4.69, 9.17) is 4.74 Å². The lowest BCUT2D eigenvalue weighted by atomic mass is 9.36. The van der Waals surface area contributed by atoms with Gasteiger partial charge in [-0.2, -0.15) is 0 Å². The van der Waals surface area contributed by atoms with Gasteiger partial charge in [-0.3, -0.25) is 4.79 Å². The van der Waals surface area contributed by atoms with Gasteiger partial charge in [-0.25, -0.2) is 4.79 Å². The minimum absolute atomic E-state index is 0.0568. The predicted molar refractivity (Wildman–Crippen MR) is 171 cm³/mol. The van der Waals surface area contributed by atoms with E-state index in [1.54, 1.807) is 11.3 Å². The molecule has 1 aromatic rings. The summed E-state index contributed by atoms with van der Waals surface area (Å²) in [6.45, 7) is 11.9. The number of esters is 1. The fraction of sp³-hybridized carbons (Fsp3) is 0.778. The lowest BCUT2D eigenvalue weighted by Gasteiger charge is -2.68. The van der Waals surface area contributed by atoms with Crippen LogP contribution in [0.1, 0.15) is 106 Å². The third kappa shape index (κ3) is 4.47. The summed E-state index contributed by atoms with van der Waals surface area (Å²) in [4.78, 5) is 30.1. The van der Waals surface area contributed by atoms with Crippen molar-refractivity contribution in [2.75, 3.05) is 34.3 Å². The smallest absolute Gasteiger partial charge is 0.348 e. The maximum Gasteiger partial charge on any atom is 0.348 e. The second kappa shape index (κ2) is 10.8. The lowest BCUT2D eigenvalue weighted by Crippen LogP contribution is -2.62. The van der Waals surface area contributed by atoms with Gasteiger partial charge in [-0.1, -0.05) is 40.2 Å². The average molecular weight is 595 g/mol. The second-order valence-electron chi connectivity index (χ2n) is 16.0. The number of fused-ring (bicyclic) bond motifs is 7. The Labute approximate surface area is 258 Å². The Hall–Kier alpha value is -1.66. The van der Waals surface area contributed by atoms with Crippen LogP contribution in [-0.2, 0) is 9.53 Å². The van der Waals surface area contributed by atoms with E-state index in [1.807, 2.05) is 6.07 Å². The van der Waals surface area contributed by atoms with Gasteiger partial charge in [-0.15, -0.1) is 11.3 Å². The van der Waals surface area contributed by atoms with Crippen LogP contribution in [0.3, 0.4) is 0 Å². The Bertz CT molecular complexity index is 1250. The fourth-order valence-electron chi connectivity index (χ4n) is 11.9. The van der Waals surface area contributed by atoms with Gasteiger partial charge < -0.3 is 15.0 Å². The van der Waals surface area contributed by atoms with Crippen molar-refractivity contribution in [1.29, 1.82) is 0 Å². The van der Waals surface area contributed by atoms with Crippen molar-refractivity contribution in [3.8, 4) is 0 Å². The van der Waals surface area contributed by atoms with Crippen molar-refractivity contribution < 1.29 is 14.3 Å². The molecule has 0 bridgehead atoms. The molecule has 232 valence electrons.